The Morgan fingerprint density at radius 3 is 2.52 bits per heavy atom. The molecule has 0 spiro atoms. The second kappa shape index (κ2) is 8.37. The van der Waals surface area contributed by atoms with E-state index in [9.17, 15) is 0 Å². The molecular weight excluding hydrogens is 428 g/mol. The SMILES string of the molecule is Nc1c2c(-c3ccc(Cl)cc3)nc(NCCc3cccs3)nc2nn1-c1ccccc1. The third kappa shape index (κ3) is 3.97. The van der Waals surface area contributed by atoms with Crippen molar-refractivity contribution in [3.05, 3.63) is 82.0 Å². The van der Waals surface area contributed by atoms with Crippen LogP contribution >= 0.6 is 22.9 Å². The number of anilines is 2. The van der Waals surface area contributed by atoms with E-state index in [0.29, 0.717) is 22.4 Å². The molecule has 31 heavy (non-hydrogen) atoms. The van der Waals surface area contributed by atoms with Crippen molar-refractivity contribution in [2.45, 2.75) is 6.42 Å². The molecule has 154 valence electrons. The maximum absolute atomic E-state index is 6.53. The van der Waals surface area contributed by atoms with Crippen molar-refractivity contribution in [3.63, 3.8) is 0 Å². The number of hydrogen-bond donors (Lipinski definition) is 2. The fourth-order valence-corrected chi connectivity index (χ4v) is 4.26. The van der Waals surface area contributed by atoms with Crippen molar-refractivity contribution >= 4 is 45.7 Å². The van der Waals surface area contributed by atoms with Crippen molar-refractivity contribution in [3.8, 4) is 16.9 Å². The van der Waals surface area contributed by atoms with Crippen LogP contribution in [0.1, 0.15) is 4.88 Å². The molecule has 0 fully saturated rings. The molecule has 0 saturated heterocycles. The van der Waals surface area contributed by atoms with Gasteiger partial charge in [-0.05, 0) is 42.1 Å². The Labute approximate surface area is 188 Å². The van der Waals surface area contributed by atoms with Gasteiger partial charge >= 0.3 is 0 Å². The number of nitrogen functional groups attached to an aromatic ring is 1. The van der Waals surface area contributed by atoms with Crippen molar-refractivity contribution in [2.24, 2.45) is 0 Å². The first-order valence-electron chi connectivity index (χ1n) is 9.83. The lowest BCUT2D eigenvalue weighted by Crippen LogP contribution is -2.08. The molecule has 0 aliphatic carbocycles. The molecule has 6 nitrogen and oxygen atoms in total. The van der Waals surface area contributed by atoms with Crippen LogP contribution in [0.5, 0.6) is 0 Å². The second-order valence-electron chi connectivity index (χ2n) is 6.99. The van der Waals surface area contributed by atoms with Crippen molar-refractivity contribution < 1.29 is 0 Å². The van der Waals surface area contributed by atoms with E-state index >= 15 is 0 Å². The number of fused-ring (bicyclic) bond motifs is 1. The first kappa shape index (κ1) is 19.5. The lowest BCUT2D eigenvalue weighted by Gasteiger charge is -2.08. The molecule has 5 rings (SSSR count). The van der Waals surface area contributed by atoms with Crippen LogP contribution in [0.15, 0.2) is 72.1 Å². The monoisotopic (exact) mass is 446 g/mol. The van der Waals surface area contributed by atoms with Crippen LogP contribution in [0.25, 0.3) is 28.0 Å². The summed E-state index contributed by atoms with van der Waals surface area (Å²) >= 11 is 7.84. The van der Waals surface area contributed by atoms with Crippen LogP contribution in [0, 0.1) is 0 Å². The van der Waals surface area contributed by atoms with Gasteiger partial charge in [0.15, 0.2) is 5.65 Å². The highest BCUT2D eigenvalue weighted by molar-refractivity contribution is 7.09. The zero-order valence-corrected chi connectivity index (χ0v) is 18.1. The third-order valence-electron chi connectivity index (χ3n) is 4.92. The molecule has 5 aromatic rings. The normalized spacial score (nSPS) is 11.1. The van der Waals surface area contributed by atoms with Crippen molar-refractivity contribution in [2.75, 3.05) is 17.6 Å². The highest BCUT2D eigenvalue weighted by atomic mass is 35.5. The lowest BCUT2D eigenvalue weighted by atomic mass is 10.1. The molecule has 0 aliphatic rings. The van der Waals surface area contributed by atoms with E-state index in [1.165, 1.54) is 4.88 Å². The van der Waals surface area contributed by atoms with Gasteiger partial charge in [0.05, 0.1) is 16.8 Å². The van der Waals surface area contributed by atoms with Gasteiger partial charge in [-0.2, -0.15) is 4.98 Å². The summed E-state index contributed by atoms with van der Waals surface area (Å²) < 4.78 is 1.70. The summed E-state index contributed by atoms with van der Waals surface area (Å²) in [6, 6.07) is 21.5. The number of benzene rings is 2. The average molecular weight is 447 g/mol. The smallest absolute Gasteiger partial charge is 0.225 e. The highest BCUT2D eigenvalue weighted by Gasteiger charge is 2.19. The van der Waals surface area contributed by atoms with Gasteiger partial charge in [0.25, 0.3) is 0 Å². The summed E-state index contributed by atoms with van der Waals surface area (Å²) in [5.41, 5.74) is 9.56. The van der Waals surface area contributed by atoms with E-state index in [0.717, 1.165) is 35.3 Å². The van der Waals surface area contributed by atoms with E-state index in [2.05, 4.69) is 32.9 Å². The summed E-state index contributed by atoms with van der Waals surface area (Å²) in [7, 11) is 0. The Kier molecular flexibility index (Phi) is 5.28. The Balaban J connectivity index is 1.59. The van der Waals surface area contributed by atoms with E-state index < -0.39 is 0 Å². The zero-order chi connectivity index (χ0) is 21.2. The third-order valence-corrected chi connectivity index (χ3v) is 6.11. The van der Waals surface area contributed by atoms with E-state index in [4.69, 9.17) is 22.3 Å². The van der Waals surface area contributed by atoms with Crippen LogP contribution in [0.3, 0.4) is 0 Å². The van der Waals surface area contributed by atoms with Crippen molar-refractivity contribution in [1.82, 2.24) is 19.7 Å². The minimum absolute atomic E-state index is 0.497. The molecule has 0 atom stereocenters. The standard InChI is InChI=1S/C23H19ClN6S/c24-16-10-8-15(9-11-16)20-19-21(25)30(17-5-2-1-3-6-17)29-22(19)28-23(27-20)26-13-12-18-7-4-14-31-18/h1-11,14H,12-13,25H2,(H,26,28,29). The summed E-state index contributed by atoms with van der Waals surface area (Å²) in [5, 5.41) is 11.5. The van der Waals surface area contributed by atoms with Crippen molar-refractivity contribution in [1.29, 1.82) is 0 Å². The van der Waals surface area contributed by atoms with Gasteiger partial charge in [0.2, 0.25) is 5.95 Å². The minimum Gasteiger partial charge on any atom is -0.383 e. The molecule has 8 heteroatoms. The Bertz CT molecular complexity index is 1310. The first-order chi connectivity index (χ1) is 15.2. The van der Waals surface area contributed by atoms with E-state index in [1.54, 1.807) is 16.0 Å². The molecule has 0 unspecified atom stereocenters. The number of halogens is 1. The van der Waals surface area contributed by atoms with Gasteiger partial charge in [0.1, 0.15) is 5.82 Å². The number of thiophene rings is 1. The molecule has 3 N–H and O–H groups in total. The Morgan fingerprint density at radius 2 is 1.77 bits per heavy atom. The molecule has 3 heterocycles. The predicted octanol–water partition coefficient (Wildman–Crippen LogP) is 5.43. The number of nitrogens with two attached hydrogens (primary N) is 1. The number of rotatable bonds is 6. The molecule has 3 aromatic heterocycles. The summed E-state index contributed by atoms with van der Waals surface area (Å²) in [5.74, 6) is 1.02. The van der Waals surface area contributed by atoms with Gasteiger partial charge in [-0.1, -0.05) is 48.0 Å². The summed E-state index contributed by atoms with van der Waals surface area (Å²) in [6.45, 7) is 0.723. The highest BCUT2D eigenvalue weighted by Crippen LogP contribution is 2.33. The lowest BCUT2D eigenvalue weighted by molar-refractivity contribution is 0.899. The maximum atomic E-state index is 6.53. The summed E-state index contributed by atoms with van der Waals surface area (Å²) in [6.07, 6.45) is 0.899. The molecule has 0 bridgehead atoms. The predicted molar refractivity (Wildman–Crippen MR) is 128 cm³/mol. The molecular formula is C23H19ClN6S. The van der Waals surface area contributed by atoms with Gasteiger partial charge in [-0.3, -0.25) is 0 Å². The van der Waals surface area contributed by atoms with Crippen LogP contribution in [-0.4, -0.2) is 26.3 Å². The fraction of sp³-hybridized carbons (Fsp3) is 0.0870. The number of aromatic nitrogens is 4. The molecule has 0 radical (unpaired) electrons. The maximum Gasteiger partial charge on any atom is 0.225 e. The molecule has 0 saturated carbocycles. The van der Waals surface area contributed by atoms with Crippen LogP contribution in [0.2, 0.25) is 5.02 Å². The number of hydrogen-bond acceptors (Lipinski definition) is 6. The second-order valence-corrected chi connectivity index (χ2v) is 8.46. The Morgan fingerprint density at radius 1 is 0.968 bits per heavy atom. The quantitative estimate of drug-likeness (QED) is 0.363. The zero-order valence-electron chi connectivity index (χ0n) is 16.5. The van der Waals surface area contributed by atoms with Crippen LogP contribution in [-0.2, 0) is 6.42 Å². The molecule has 0 amide bonds. The molecule has 0 aliphatic heterocycles. The fourth-order valence-electron chi connectivity index (χ4n) is 3.43. The largest absolute Gasteiger partial charge is 0.383 e. The number of para-hydroxylation sites is 1. The Hall–Kier alpha value is -3.42. The summed E-state index contributed by atoms with van der Waals surface area (Å²) in [4.78, 5) is 10.7. The topological polar surface area (TPSA) is 81.7 Å². The number of nitrogens with one attached hydrogen (secondary N) is 1. The van der Waals surface area contributed by atoms with Crippen LogP contribution < -0.4 is 11.1 Å². The van der Waals surface area contributed by atoms with Gasteiger partial charge in [0, 0.05) is 22.0 Å². The van der Waals surface area contributed by atoms with E-state index in [1.807, 2.05) is 54.6 Å². The minimum atomic E-state index is 0.497. The van der Waals surface area contributed by atoms with Gasteiger partial charge in [-0.15, -0.1) is 16.4 Å². The van der Waals surface area contributed by atoms with E-state index in [-0.39, 0.29) is 0 Å². The van der Waals surface area contributed by atoms with Crippen LogP contribution in [0.4, 0.5) is 11.8 Å². The number of nitrogens with zero attached hydrogens (tertiary/aromatic N) is 4. The van der Waals surface area contributed by atoms with Gasteiger partial charge in [-0.25, -0.2) is 9.67 Å². The average Bonchev–Trinajstić information content (AvgIpc) is 3.43. The first-order valence-corrected chi connectivity index (χ1v) is 11.1. The van der Waals surface area contributed by atoms with Gasteiger partial charge < -0.3 is 11.1 Å². The molecule has 2 aromatic carbocycles.